The number of aromatic amines is 1. The van der Waals surface area contributed by atoms with Crippen molar-refractivity contribution in [3.63, 3.8) is 0 Å². The first-order valence-electron chi connectivity index (χ1n) is 10.7. The number of aliphatic imine (C=N–C) groups is 1. The predicted molar refractivity (Wildman–Crippen MR) is 125 cm³/mol. The number of nitrogens with zero attached hydrogens (tertiary/aromatic N) is 1. The molecule has 0 aliphatic carbocycles. The molecule has 0 saturated carbocycles. The molecule has 1 amide bonds. The van der Waals surface area contributed by atoms with Gasteiger partial charge in [0.1, 0.15) is 0 Å². The molecule has 0 aliphatic rings. The molecule has 1 heterocycles. The summed E-state index contributed by atoms with van der Waals surface area (Å²) in [6.45, 7) is 6.24. The Labute approximate surface area is 178 Å². The molecule has 30 heavy (non-hydrogen) atoms. The van der Waals surface area contributed by atoms with E-state index in [0.29, 0.717) is 13.0 Å². The highest BCUT2D eigenvalue weighted by atomic mass is 16.1. The van der Waals surface area contributed by atoms with Crippen molar-refractivity contribution in [3.8, 4) is 0 Å². The van der Waals surface area contributed by atoms with Crippen molar-refractivity contribution >= 4 is 28.5 Å². The Balaban J connectivity index is 1.53. The van der Waals surface area contributed by atoms with E-state index in [1.165, 1.54) is 16.5 Å². The zero-order valence-electron chi connectivity index (χ0n) is 17.8. The van der Waals surface area contributed by atoms with E-state index in [4.69, 9.17) is 0 Å². The van der Waals surface area contributed by atoms with Crippen LogP contribution in [0.1, 0.15) is 37.8 Å². The number of hydrogen-bond donors (Lipinski definition) is 4. The van der Waals surface area contributed by atoms with Gasteiger partial charge in [0.15, 0.2) is 5.96 Å². The van der Waals surface area contributed by atoms with Crippen molar-refractivity contribution in [2.24, 2.45) is 4.99 Å². The number of benzene rings is 2. The summed E-state index contributed by atoms with van der Waals surface area (Å²) in [5.41, 5.74) is 4.39. The molecule has 0 bridgehead atoms. The Hall–Kier alpha value is -3.28. The molecule has 2 aromatic carbocycles. The second-order valence-electron chi connectivity index (χ2n) is 7.23. The largest absolute Gasteiger partial charge is 0.361 e. The fourth-order valence-corrected chi connectivity index (χ4v) is 3.31. The minimum atomic E-state index is 0.0529. The molecule has 0 unspecified atom stereocenters. The number of hydrogen-bond acceptors (Lipinski definition) is 2. The number of rotatable bonds is 9. The van der Waals surface area contributed by atoms with E-state index in [1.54, 1.807) is 0 Å². The molecule has 0 radical (unpaired) electrons. The van der Waals surface area contributed by atoms with Crippen molar-refractivity contribution in [1.29, 1.82) is 0 Å². The minimum Gasteiger partial charge on any atom is -0.361 e. The van der Waals surface area contributed by atoms with Crippen LogP contribution in [0.4, 0.5) is 5.69 Å². The molecular weight excluding hydrogens is 374 g/mol. The highest BCUT2D eigenvalue weighted by molar-refractivity contribution is 5.90. The van der Waals surface area contributed by atoms with Crippen LogP contribution >= 0.6 is 0 Å². The lowest BCUT2D eigenvalue weighted by molar-refractivity contribution is -0.116. The number of aromatic nitrogens is 1. The van der Waals surface area contributed by atoms with Crippen molar-refractivity contribution < 1.29 is 4.79 Å². The van der Waals surface area contributed by atoms with Gasteiger partial charge in [0, 0.05) is 42.3 Å². The number of amides is 1. The summed E-state index contributed by atoms with van der Waals surface area (Å²) in [5.74, 6) is 0.856. The van der Waals surface area contributed by atoms with Crippen LogP contribution in [0.25, 0.3) is 10.9 Å². The number of carbonyl (C=O) groups is 1. The molecule has 6 nitrogen and oxygen atoms in total. The van der Waals surface area contributed by atoms with Crippen LogP contribution in [-0.4, -0.2) is 29.9 Å². The van der Waals surface area contributed by atoms with E-state index in [1.807, 2.05) is 37.3 Å². The van der Waals surface area contributed by atoms with Crippen LogP contribution in [0, 0.1) is 0 Å². The molecule has 158 valence electrons. The van der Waals surface area contributed by atoms with Gasteiger partial charge in [-0.25, -0.2) is 4.99 Å². The second-order valence-corrected chi connectivity index (χ2v) is 7.23. The minimum absolute atomic E-state index is 0.0529. The van der Waals surface area contributed by atoms with Crippen LogP contribution in [0.15, 0.2) is 59.7 Å². The third kappa shape index (κ3) is 6.11. The fraction of sp³-hybridized carbons (Fsp3) is 0.333. The van der Waals surface area contributed by atoms with Crippen LogP contribution in [-0.2, 0) is 17.8 Å². The number of anilines is 1. The third-order valence-electron chi connectivity index (χ3n) is 4.84. The zero-order valence-corrected chi connectivity index (χ0v) is 17.8. The Kier molecular flexibility index (Phi) is 7.89. The van der Waals surface area contributed by atoms with E-state index in [0.717, 1.165) is 43.1 Å². The summed E-state index contributed by atoms with van der Waals surface area (Å²) in [5, 5.41) is 10.9. The standard InChI is InChI=1S/C24H31N5O/c1-3-7-23(30)29-20-12-10-18(11-13-20)16-28-24(25-4-2)26-15-14-19-17-27-22-9-6-5-8-21(19)22/h5-6,8-13,17,27H,3-4,7,14-16H2,1-2H3,(H,29,30)(H2,25,26,28). The van der Waals surface area contributed by atoms with Gasteiger partial charge >= 0.3 is 0 Å². The van der Waals surface area contributed by atoms with Crippen molar-refractivity contribution in [2.45, 2.75) is 39.7 Å². The summed E-state index contributed by atoms with van der Waals surface area (Å²) in [4.78, 5) is 19.7. The fourth-order valence-electron chi connectivity index (χ4n) is 3.31. The predicted octanol–water partition coefficient (Wildman–Crippen LogP) is 4.20. The summed E-state index contributed by atoms with van der Waals surface area (Å²) >= 11 is 0. The molecule has 0 aliphatic heterocycles. The Morgan fingerprint density at radius 3 is 2.60 bits per heavy atom. The normalized spacial score (nSPS) is 11.5. The topological polar surface area (TPSA) is 81.3 Å². The number of carbonyl (C=O) groups excluding carboxylic acids is 1. The highest BCUT2D eigenvalue weighted by Crippen LogP contribution is 2.17. The number of nitrogens with one attached hydrogen (secondary N) is 4. The van der Waals surface area contributed by atoms with Gasteiger partial charge in [0.2, 0.25) is 5.91 Å². The molecule has 0 atom stereocenters. The first kappa shape index (κ1) is 21.4. The molecule has 3 rings (SSSR count). The summed E-state index contributed by atoms with van der Waals surface area (Å²) in [7, 11) is 0. The Morgan fingerprint density at radius 2 is 1.83 bits per heavy atom. The Bertz CT molecular complexity index is 975. The lowest BCUT2D eigenvalue weighted by atomic mass is 10.1. The van der Waals surface area contributed by atoms with E-state index in [9.17, 15) is 4.79 Å². The Morgan fingerprint density at radius 1 is 1.03 bits per heavy atom. The first-order valence-corrected chi connectivity index (χ1v) is 10.7. The molecule has 0 spiro atoms. The third-order valence-corrected chi connectivity index (χ3v) is 4.84. The van der Waals surface area contributed by atoms with Crippen LogP contribution < -0.4 is 16.0 Å². The van der Waals surface area contributed by atoms with Gasteiger partial charge in [0.25, 0.3) is 0 Å². The average molecular weight is 406 g/mol. The number of H-pyrrole nitrogens is 1. The molecule has 0 saturated heterocycles. The molecule has 4 N–H and O–H groups in total. The van der Waals surface area contributed by atoms with Gasteiger partial charge in [-0.05, 0) is 49.1 Å². The summed E-state index contributed by atoms with van der Waals surface area (Å²) in [6, 6.07) is 16.2. The van der Waals surface area contributed by atoms with Crippen molar-refractivity contribution in [3.05, 3.63) is 65.9 Å². The maximum atomic E-state index is 11.7. The molecule has 3 aromatic rings. The summed E-state index contributed by atoms with van der Waals surface area (Å²) in [6.07, 6.45) is 4.39. The average Bonchev–Trinajstić information content (AvgIpc) is 3.16. The zero-order chi connectivity index (χ0) is 21.2. The maximum absolute atomic E-state index is 11.7. The second kappa shape index (κ2) is 11.0. The number of guanidine groups is 1. The van der Waals surface area contributed by atoms with E-state index in [2.05, 4.69) is 57.2 Å². The van der Waals surface area contributed by atoms with Gasteiger partial charge < -0.3 is 20.9 Å². The number of fused-ring (bicyclic) bond motifs is 1. The quantitative estimate of drug-likeness (QED) is 0.318. The van der Waals surface area contributed by atoms with E-state index < -0.39 is 0 Å². The van der Waals surface area contributed by atoms with Gasteiger partial charge in [-0.15, -0.1) is 0 Å². The molecule has 1 aromatic heterocycles. The van der Waals surface area contributed by atoms with E-state index >= 15 is 0 Å². The highest BCUT2D eigenvalue weighted by Gasteiger charge is 2.04. The van der Waals surface area contributed by atoms with Crippen molar-refractivity contribution in [1.82, 2.24) is 15.6 Å². The molecule has 0 fully saturated rings. The molecule has 6 heteroatoms. The SMILES string of the molecule is CCCC(=O)Nc1ccc(CN=C(NCC)NCCc2c[nH]c3ccccc23)cc1. The van der Waals surface area contributed by atoms with Gasteiger partial charge in [-0.3, -0.25) is 4.79 Å². The van der Waals surface area contributed by atoms with E-state index in [-0.39, 0.29) is 5.91 Å². The van der Waals surface area contributed by atoms with Crippen LogP contribution in [0.3, 0.4) is 0 Å². The monoisotopic (exact) mass is 405 g/mol. The first-order chi connectivity index (χ1) is 14.7. The number of para-hydroxylation sites is 1. The maximum Gasteiger partial charge on any atom is 0.224 e. The molecular formula is C24H31N5O. The van der Waals surface area contributed by atoms with Crippen molar-refractivity contribution in [2.75, 3.05) is 18.4 Å². The lowest BCUT2D eigenvalue weighted by Gasteiger charge is -2.11. The lowest BCUT2D eigenvalue weighted by Crippen LogP contribution is -2.38. The van der Waals surface area contributed by atoms with Gasteiger partial charge in [-0.1, -0.05) is 37.3 Å². The van der Waals surface area contributed by atoms with Gasteiger partial charge in [0.05, 0.1) is 6.54 Å². The van der Waals surface area contributed by atoms with Gasteiger partial charge in [-0.2, -0.15) is 0 Å². The smallest absolute Gasteiger partial charge is 0.224 e. The van der Waals surface area contributed by atoms with Crippen LogP contribution in [0.2, 0.25) is 0 Å². The van der Waals surface area contributed by atoms with Crippen LogP contribution in [0.5, 0.6) is 0 Å². The summed E-state index contributed by atoms with van der Waals surface area (Å²) < 4.78 is 0.